The van der Waals surface area contributed by atoms with Crippen LogP contribution in [0, 0.1) is 0 Å². The summed E-state index contributed by atoms with van der Waals surface area (Å²) >= 11 is 2.93. The van der Waals surface area contributed by atoms with Gasteiger partial charge in [-0.2, -0.15) is 0 Å². The maximum atomic E-state index is 10.1. The van der Waals surface area contributed by atoms with Crippen molar-refractivity contribution >= 4 is 21.9 Å². The van der Waals surface area contributed by atoms with Crippen molar-refractivity contribution in [2.24, 2.45) is 0 Å². The van der Waals surface area contributed by atoms with Crippen molar-refractivity contribution in [3.05, 3.63) is 0 Å². The number of halogens is 1. The number of aliphatic carboxylic acids is 1. The first kappa shape index (κ1) is 8.91. The highest BCUT2D eigenvalue weighted by molar-refractivity contribution is 9.10. The van der Waals surface area contributed by atoms with Crippen LogP contribution in [0.4, 0.5) is 0 Å². The Morgan fingerprint density at radius 3 is 2.56 bits per heavy atom. The van der Waals surface area contributed by atoms with Gasteiger partial charge >= 0.3 is 5.97 Å². The lowest BCUT2D eigenvalue weighted by Crippen LogP contribution is -2.12. The largest absolute Gasteiger partial charge is 0.480 e. The molecular formula is C5H9BrO3. The minimum absolute atomic E-state index is 0.0510. The predicted octanol–water partition coefficient (Wildman–Crippen LogP) is 0.607. The van der Waals surface area contributed by atoms with Gasteiger partial charge in [0.05, 0.1) is 0 Å². The Morgan fingerprint density at radius 1 is 1.67 bits per heavy atom. The van der Waals surface area contributed by atoms with E-state index in [-0.39, 0.29) is 6.61 Å². The van der Waals surface area contributed by atoms with Gasteiger partial charge in [0, 0.05) is 6.61 Å². The molecule has 0 heterocycles. The molecule has 0 aliphatic heterocycles. The van der Waals surface area contributed by atoms with Crippen LogP contribution in [-0.4, -0.2) is 27.6 Å². The summed E-state index contributed by atoms with van der Waals surface area (Å²) in [6.07, 6.45) is 1.01. The lowest BCUT2D eigenvalue weighted by atomic mass is 10.2. The molecule has 0 aliphatic rings. The van der Waals surface area contributed by atoms with Crippen LogP contribution in [0.15, 0.2) is 0 Å². The van der Waals surface area contributed by atoms with Crippen molar-refractivity contribution < 1.29 is 15.0 Å². The quantitative estimate of drug-likeness (QED) is 0.649. The van der Waals surface area contributed by atoms with Crippen LogP contribution in [0.5, 0.6) is 0 Å². The van der Waals surface area contributed by atoms with Crippen molar-refractivity contribution in [2.45, 2.75) is 17.7 Å². The number of carboxylic acids is 1. The van der Waals surface area contributed by atoms with Gasteiger partial charge in [-0.05, 0) is 12.8 Å². The molecular weight excluding hydrogens is 188 g/mol. The minimum Gasteiger partial charge on any atom is -0.480 e. The summed E-state index contributed by atoms with van der Waals surface area (Å²) in [7, 11) is 0. The van der Waals surface area contributed by atoms with Gasteiger partial charge in [-0.1, -0.05) is 15.9 Å². The number of aliphatic hydroxyl groups is 1. The fraction of sp³-hybridized carbons (Fsp3) is 0.800. The van der Waals surface area contributed by atoms with Gasteiger partial charge in [0.2, 0.25) is 0 Å². The third-order valence-electron chi connectivity index (χ3n) is 0.884. The summed E-state index contributed by atoms with van der Waals surface area (Å²) < 4.78 is 0. The molecule has 0 amide bonds. The number of aliphatic hydroxyl groups excluding tert-OH is 1. The second-order valence-electron chi connectivity index (χ2n) is 1.67. The van der Waals surface area contributed by atoms with Crippen molar-refractivity contribution in [3.8, 4) is 0 Å². The average Bonchev–Trinajstić information content (AvgIpc) is 1.82. The topological polar surface area (TPSA) is 57.5 Å². The molecule has 9 heavy (non-hydrogen) atoms. The summed E-state index contributed by atoms with van der Waals surface area (Å²) in [5.74, 6) is -0.872. The van der Waals surface area contributed by atoms with E-state index in [1.54, 1.807) is 0 Å². The van der Waals surface area contributed by atoms with Crippen LogP contribution in [0.25, 0.3) is 0 Å². The molecule has 0 spiro atoms. The molecule has 1 unspecified atom stereocenters. The van der Waals surface area contributed by atoms with Gasteiger partial charge in [-0.25, -0.2) is 0 Å². The lowest BCUT2D eigenvalue weighted by Gasteiger charge is -1.99. The SMILES string of the molecule is O=C(O)C(Br)CCCO. The van der Waals surface area contributed by atoms with Crippen LogP contribution >= 0.6 is 15.9 Å². The van der Waals surface area contributed by atoms with Crippen molar-refractivity contribution in [3.63, 3.8) is 0 Å². The molecule has 3 nitrogen and oxygen atoms in total. The molecule has 0 rings (SSSR count). The van der Waals surface area contributed by atoms with E-state index >= 15 is 0 Å². The third kappa shape index (κ3) is 4.42. The van der Waals surface area contributed by atoms with Gasteiger partial charge in [0.15, 0.2) is 0 Å². The van der Waals surface area contributed by atoms with E-state index in [0.717, 1.165) is 0 Å². The highest BCUT2D eigenvalue weighted by atomic mass is 79.9. The zero-order valence-corrected chi connectivity index (χ0v) is 6.47. The molecule has 1 atom stereocenters. The molecule has 0 aromatic rings. The van der Waals surface area contributed by atoms with Gasteiger partial charge < -0.3 is 10.2 Å². The Labute approximate surface area is 61.8 Å². The second kappa shape index (κ2) is 4.76. The molecule has 0 aliphatic carbocycles. The number of carbonyl (C=O) groups is 1. The monoisotopic (exact) mass is 196 g/mol. The van der Waals surface area contributed by atoms with E-state index < -0.39 is 10.8 Å². The minimum atomic E-state index is -0.872. The molecule has 0 saturated heterocycles. The number of alkyl halides is 1. The Hall–Kier alpha value is -0.0900. The Balaban J connectivity index is 3.27. The van der Waals surface area contributed by atoms with Gasteiger partial charge in [-0.15, -0.1) is 0 Å². The van der Waals surface area contributed by atoms with Crippen LogP contribution in [0.2, 0.25) is 0 Å². The Kier molecular flexibility index (Phi) is 4.71. The van der Waals surface area contributed by atoms with Crippen molar-refractivity contribution in [1.82, 2.24) is 0 Å². The molecule has 0 bridgehead atoms. The van der Waals surface area contributed by atoms with Crippen molar-refractivity contribution in [1.29, 1.82) is 0 Å². The van der Waals surface area contributed by atoms with E-state index in [4.69, 9.17) is 10.2 Å². The van der Waals surface area contributed by atoms with Crippen LogP contribution < -0.4 is 0 Å². The molecule has 54 valence electrons. The Bertz CT molecular complexity index is 94.2. The fourth-order valence-electron chi connectivity index (χ4n) is 0.394. The number of carboxylic acid groups (broad SMARTS) is 1. The highest BCUT2D eigenvalue weighted by Crippen LogP contribution is 2.06. The standard InChI is InChI=1S/C5H9BrO3/c6-4(5(8)9)2-1-3-7/h4,7H,1-3H2,(H,8,9). The summed E-state index contributed by atoms with van der Waals surface area (Å²) in [4.78, 5) is 9.57. The molecule has 2 N–H and O–H groups in total. The third-order valence-corrected chi connectivity index (χ3v) is 1.73. The second-order valence-corrected chi connectivity index (χ2v) is 2.78. The number of hydrogen-bond donors (Lipinski definition) is 2. The van der Waals surface area contributed by atoms with Crippen LogP contribution in [-0.2, 0) is 4.79 Å². The molecule has 0 saturated carbocycles. The van der Waals surface area contributed by atoms with E-state index in [1.807, 2.05) is 0 Å². The zero-order valence-electron chi connectivity index (χ0n) is 4.88. The fourth-order valence-corrected chi connectivity index (χ4v) is 0.718. The van der Waals surface area contributed by atoms with E-state index in [9.17, 15) is 4.79 Å². The van der Waals surface area contributed by atoms with E-state index in [2.05, 4.69) is 15.9 Å². The normalized spacial score (nSPS) is 13.1. The molecule has 0 aromatic heterocycles. The van der Waals surface area contributed by atoms with Gasteiger partial charge in [-0.3, -0.25) is 4.79 Å². The maximum absolute atomic E-state index is 10.1. The smallest absolute Gasteiger partial charge is 0.317 e. The first-order valence-corrected chi connectivity index (χ1v) is 3.57. The molecule has 0 fully saturated rings. The van der Waals surface area contributed by atoms with E-state index in [0.29, 0.717) is 12.8 Å². The number of rotatable bonds is 4. The summed E-state index contributed by atoms with van der Waals surface area (Å²) in [5, 5.41) is 16.6. The Morgan fingerprint density at radius 2 is 2.22 bits per heavy atom. The average molecular weight is 197 g/mol. The van der Waals surface area contributed by atoms with Crippen LogP contribution in [0.1, 0.15) is 12.8 Å². The first-order valence-electron chi connectivity index (χ1n) is 2.66. The van der Waals surface area contributed by atoms with Gasteiger partial charge in [0.25, 0.3) is 0 Å². The highest BCUT2D eigenvalue weighted by Gasteiger charge is 2.10. The van der Waals surface area contributed by atoms with Gasteiger partial charge in [0.1, 0.15) is 4.83 Å². The van der Waals surface area contributed by atoms with E-state index in [1.165, 1.54) is 0 Å². The molecule has 0 radical (unpaired) electrons. The lowest BCUT2D eigenvalue weighted by molar-refractivity contribution is -0.136. The molecule has 4 heteroatoms. The number of hydrogen-bond acceptors (Lipinski definition) is 2. The summed E-state index contributed by atoms with van der Waals surface area (Å²) in [5.41, 5.74) is 0. The predicted molar refractivity (Wildman–Crippen MR) is 36.7 cm³/mol. The summed E-state index contributed by atoms with van der Waals surface area (Å²) in [6, 6.07) is 0. The summed E-state index contributed by atoms with van der Waals surface area (Å²) in [6.45, 7) is 0.0510. The zero-order chi connectivity index (χ0) is 7.28. The first-order chi connectivity index (χ1) is 4.18. The van der Waals surface area contributed by atoms with Crippen LogP contribution in [0.3, 0.4) is 0 Å². The molecule has 0 aromatic carbocycles. The maximum Gasteiger partial charge on any atom is 0.317 e. The van der Waals surface area contributed by atoms with Crippen molar-refractivity contribution in [2.75, 3.05) is 6.61 Å².